The summed E-state index contributed by atoms with van der Waals surface area (Å²) in [5, 5.41) is 3.34. The van der Waals surface area contributed by atoms with Crippen molar-refractivity contribution in [3.05, 3.63) is 70.8 Å². The molecule has 0 amide bonds. The molecule has 2 atom stereocenters. The van der Waals surface area contributed by atoms with Gasteiger partial charge >= 0.3 is 0 Å². The summed E-state index contributed by atoms with van der Waals surface area (Å²) in [4.78, 5) is 0. The average molecular weight is 275 g/mol. The number of aryl methyl sites for hydroxylation is 1. The van der Waals surface area contributed by atoms with E-state index in [1.165, 1.54) is 17.7 Å². The Morgan fingerprint density at radius 3 is 2.35 bits per heavy atom. The maximum atomic E-state index is 13.7. The van der Waals surface area contributed by atoms with E-state index in [2.05, 4.69) is 11.4 Å². The van der Waals surface area contributed by atoms with Crippen LogP contribution >= 0.6 is 0 Å². The van der Waals surface area contributed by atoms with E-state index in [1.807, 2.05) is 39.0 Å². The summed E-state index contributed by atoms with van der Waals surface area (Å²) >= 11 is 0. The maximum absolute atomic E-state index is 13.7. The summed E-state index contributed by atoms with van der Waals surface area (Å²) in [6, 6.07) is 11.8. The van der Waals surface area contributed by atoms with Crippen LogP contribution in [0.1, 0.15) is 42.6 Å². The molecule has 2 aromatic rings. The van der Waals surface area contributed by atoms with Gasteiger partial charge in [-0.2, -0.15) is 0 Å². The van der Waals surface area contributed by atoms with Crippen LogP contribution in [0.3, 0.4) is 0 Å². The first kappa shape index (κ1) is 14.7. The minimum absolute atomic E-state index is 0.0920. The summed E-state index contributed by atoms with van der Waals surface area (Å²) in [7, 11) is 0. The van der Waals surface area contributed by atoms with Gasteiger partial charge in [-0.1, -0.05) is 35.9 Å². The topological polar surface area (TPSA) is 12.0 Å². The lowest BCUT2D eigenvalue weighted by Gasteiger charge is -2.21. The molecule has 0 saturated carbocycles. The SMILES string of the molecule is Cc1cccc(C(C)NC(C)c2ccc(F)cc2F)c1. The van der Waals surface area contributed by atoms with Crippen LogP contribution in [0.2, 0.25) is 0 Å². The fourth-order valence-electron chi connectivity index (χ4n) is 2.35. The molecule has 3 heteroatoms. The standard InChI is InChI=1S/C17H19F2N/c1-11-5-4-6-14(9-11)12(2)20-13(3)16-8-7-15(18)10-17(16)19/h4-10,12-13,20H,1-3H3. The smallest absolute Gasteiger partial charge is 0.130 e. The zero-order valence-corrected chi connectivity index (χ0v) is 12.0. The van der Waals surface area contributed by atoms with E-state index in [4.69, 9.17) is 0 Å². The van der Waals surface area contributed by atoms with Crippen LogP contribution in [0.4, 0.5) is 8.78 Å². The van der Waals surface area contributed by atoms with Gasteiger partial charge in [0.05, 0.1) is 0 Å². The molecule has 0 spiro atoms. The molecule has 0 aliphatic rings. The summed E-state index contributed by atoms with van der Waals surface area (Å²) < 4.78 is 26.7. The first-order chi connectivity index (χ1) is 9.47. The van der Waals surface area contributed by atoms with E-state index in [9.17, 15) is 8.78 Å². The second-order valence-corrected chi connectivity index (χ2v) is 5.19. The summed E-state index contributed by atoms with van der Waals surface area (Å²) in [5.41, 5.74) is 2.82. The normalized spacial score (nSPS) is 14.1. The number of hydrogen-bond acceptors (Lipinski definition) is 1. The second kappa shape index (κ2) is 6.14. The number of rotatable bonds is 4. The van der Waals surface area contributed by atoms with Gasteiger partial charge in [0.25, 0.3) is 0 Å². The minimum Gasteiger partial charge on any atom is -0.304 e. The van der Waals surface area contributed by atoms with E-state index >= 15 is 0 Å². The van der Waals surface area contributed by atoms with E-state index in [1.54, 1.807) is 0 Å². The molecule has 2 aromatic carbocycles. The van der Waals surface area contributed by atoms with Crippen LogP contribution in [0.15, 0.2) is 42.5 Å². The highest BCUT2D eigenvalue weighted by Gasteiger charge is 2.15. The third-order valence-electron chi connectivity index (χ3n) is 3.47. The van der Waals surface area contributed by atoms with Crippen molar-refractivity contribution in [2.24, 2.45) is 0 Å². The van der Waals surface area contributed by atoms with E-state index < -0.39 is 11.6 Å². The van der Waals surface area contributed by atoms with Gasteiger partial charge in [0.2, 0.25) is 0 Å². The molecule has 0 aromatic heterocycles. The first-order valence-electron chi connectivity index (χ1n) is 6.75. The average Bonchev–Trinajstić information content (AvgIpc) is 2.38. The zero-order valence-electron chi connectivity index (χ0n) is 12.0. The molecular weight excluding hydrogens is 256 g/mol. The zero-order chi connectivity index (χ0) is 14.7. The van der Waals surface area contributed by atoms with Crippen LogP contribution in [-0.4, -0.2) is 0 Å². The van der Waals surface area contributed by atoms with E-state index in [-0.39, 0.29) is 12.1 Å². The minimum atomic E-state index is -0.551. The Bertz CT molecular complexity index is 595. The number of benzene rings is 2. The second-order valence-electron chi connectivity index (χ2n) is 5.19. The van der Waals surface area contributed by atoms with Crippen molar-refractivity contribution >= 4 is 0 Å². The third-order valence-corrected chi connectivity index (χ3v) is 3.47. The molecular formula is C17H19F2N. The van der Waals surface area contributed by atoms with Gasteiger partial charge in [-0.15, -0.1) is 0 Å². The van der Waals surface area contributed by atoms with Crippen LogP contribution in [0.5, 0.6) is 0 Å². The first-order valence-corrected chi connectivity index (χ1v) is 6.75. The molecule has 2 rings (SSSR count). The predicted octanol–water partition coefficient (Wildman–Crippen LogP) is 4.69. The van der Waals surface area contributed by atoms with Gasteiger partial charge in [-0.25, -0.2) is 8.78 Å². The Morgan fingerprint density at radius 1 is 0.950 bits per heavy atom. The Labute approximate surface area is 118 Å². The van der Waals surface area contributed by atoms with Gasteiger partial charge in [0.1, 0.15) is 11.6 Å². The fourth-order valence-corrected chi connectivity index (χ4v) is 2.35. The molecule has 1 nitrogen and oxygen atoms in total. The fraction of sp³-hybridized carbons (Fsp3) is 0.294. The van der Waals surface area contributed by atoms with E-state index in [0.717, 1.165) is 11.6 Å². The largest absolute Gasteiger partial charge is 0.304 e. The van der Waals surface area contributed by atoms with Crippen molar-refractivity contribution in [3.8, 4) is 0 Å². The molecule has 0 fully saturated rings. The summed E-state index contributed by atoms with van der Waals surface area (Å²) in [6.07, 6.45) is 0. The van der Waals surface area contributed by atoms with Gasteiger partial charge in [0.15, 0.2) is 0 Å². The van der Waals surface area contributed by atoms with Crippen molar-refractivity contribution in [1.29, 1.82) is 0 Å². The van der Waals surface area contributed by atoms with Crippen LogP contribution in [0.25, 0.3) is 0 Å². The van der Waals surface area contributed by atoms with Crippen molar-refractivity contribution in [2.45, 2.75) is 32.9 Å². The molecule has 1 N–H and O–H groups in total. The molecule has 106 valence electrons. The van der Waals surface area contributed by atoms with E-state index in [0.29, 0.717) is 5.56 Å². The third kappa shape index (κ3) is 3.42. The van der Waals surface area contributed by atoms with Crippen molar-refractivity contribution in [3.63, 3.8) is 0 Å². The Balaban J connectivity index is 2.12. The highest BCUT2D eigenvalue weighted by atomic mass is 19.1. The van der Waals surface area contributed by atoms with Crippen molar-refractivity contribution < 1.29 is 8.78 Å². The molecule has 2 unspecified atom stereocenters. The Kier molecular flexibility index (Phi) is 4.50. The molecule has 0 heterocycles. The lowest BCUT2D eigenvalue weighted by Crippen LogP contribution is -2.23. The number of nitrogens with one attached hydrogen (secondary N) is 1. The molecule has 0 aliphatic carbocycles. The molecule has 0 aliphatic heterocycles. The van der Waals surface area contributed by atoms with Gasteiger partial charge in [0, 0.05) is 23.7 Å². The molecule has 0 bridgehead atoms. The van der Waals surface area contributed by atoms with Gasteiger partial charge in [-0.3, -0.25) is 0 Å². The Morgan fingerprint density at radius 2 is 1.70 bits per heavy atom. The highest BCUT2D eigenvalue weighted by molar-refractivity contribution is 5.26. The lowest BCUT2D eigenvalue weighted by atomic mass is 10.0. The monoisotopic (exact) mass is 275 g/mol. The predicted molar refractivity (Wildman–Crippen MR) is 77.5 cm³/mol. The molecule has 20 heavy (non-hydrogen) atoms. The molecule has 0 radical (unpaired) electrons. The number of hydrogen-bond donors (Lipinski definition) is 1. The van der Waals surface area contributed by atoms with Crippen molar-refractivity contribution in [2.75, 3.05) is 0 Å². The van der Waals surface area contributed by atoms with Gasteiger partial charge in [-0.05, 0) is 32.4 Å². The quantitative estimate of drug-likeness (QED) is 0.854. The maximum Gasteiger partial charge on any atom is 0.130 e. The molecule has 0 saturated heterocycles. The van der Waals surface area contributed by atoms with Crippen molar-refractivity contribution in [1.82, 2.24) is 5.32 Å². The lowest BCUT2D eigenvalue weighted by molar-refractivity contribution is 0.470. The Hall–Kier alpha value is -1.74. The van der Waals surface area contributed by atoms with Crippen LogP contribution < -0.4 is 5.32 Å². The van der Waals surface area contributed by atoms with Crippen LogP contribution in [0, 0.1) is 18.6 Å². The summed E-state index contributed by atoms with van der Waals surface area (Å²) in [5.74, 6) is -1.06. The number of halogens is 2. The van der Waals surface area contributed by atoms with Gasteiger partial charge < -0.3 is 5.32 Å². The summed E-state index contributed by atoms with van der Waals surface area (Å²) in [6.45, 7) is 5.95. The van der Waals surface area contributed by atoms with Crippen LogP contribution in [-0.2, 0) is 0 Å². The highest BCUT2D eigenvalue weighted by Crippen LogP contribution is 2.22.